The van der Waals surface area contributed by atoms with Crippen LogP contribution < -0.4 is 5.32 Å². The minimum Gasteiger partial charge on any atom is -0.346 e. The third kappa shape index (κ3) is 2.72. The Morgan fingerprint density at radius 3 is 2.62 bits per heavy atom. The predicted molar refractivity (Wildman–Crippen MR) is 88.2 cm³/mol. The second kappa shape index (κ2) is 5.74. The number of para-hydroxylation sites is 1. The number of amides is 1. The molecule has 21 heavy (non-hydrogen) atoms. The van der Waals surface area contributed by atoms with Crippen LogP contribution in [0.3, 0.4) is 0 Å². The van der Waals surface area contributed by atoms with E-state index in [2.05, 4.69) is 44.0 Å². The van der Waals surface area contributed by atoms with Gasteiger partial charge in [-0.25, -0.2) is 0 Å². The molecule has 3 aromatic rings. The molecule has 0 atom stereocenters. The van der Waals surface area contributed by atoms with Crippen LogP contribution in [0.1, 0.15) is 16.1 Å². The van der Waals surface area contributed by atoms with Crippen molar-refractivity contribution in [3.63, 3.8) is 0 Å². The van der Waals surface area contributed by atoms with Gasteiger partial charge in [0.2, 0.25) is 0 Å². The average Bonchev–Trinajstić information content (AvgIpc) is 2.82. The molecule has 2 aromatic carbocycles. The van der Waals surface area contributed by atoms with Crippen LogP contribution in [0.15, 0.2) is 59.1 Å². The number of halogens is 1. The number of carbonyl (C=O) groups is 1. The van der Waals surface area contributed by atoms with Crippen molar-refractivity contribution in [2.75, 3.05) is 0 Å². The molecule has 1 heterocycles. The molecule has 0 radical (unpaired) electrons. The van der Waals surface area contributed by atoms with Gasteiger partial charge in [-0.1, -0.05) is 30.3 Å². The zero-order valence-electron chi connectivity index (χ0n) is 11.6. The van der Waals surface area contributed by atoms with Gasteiger partial charge >= 0.3 is 0 Å². The molecule has 0 aliphatic rings. The lowest BCUT2D eigenvalue weighted by Crippen LogP contribution is -2.24. The van der Waals surface area contributed by atoms with E-state index in [9.17, 15) is 4.79 Å². The predicted octanol–water partition coefficient (Wildman–Crippen LogP) is 3.87. The molecule has 1 aromatic heterocycles. The Morgan fingerprint density at radius 1 is 1.14 bits per heavy atom. The van der Waals surface area contributed by atoms with Crippen LogP contribution in [0.25, 0.3) is 10.9 Å². The number of aryl methyl sites for hydroxylation is 1. The van der Waals surface area contributed by atoms with Crippen LogP contribution in [0.2, 0.25) is 0 Å². The number of aromatic nitrogens is 1. The average molecular weight is 343 g/mol. The number of fused-ring (bicyclic) bond motifs is 1. The summed E-state index contributed by atoms with van der Waals surface area (Å²) >= 11 is 3.40. The monoisotopic (exact) mass is 342 g/mol. The molecule has 0 unspecified atom stereocenters. The molecule has 106 valence electrons. The maximum Gasteiger partial charge on any atom is 0.252 e. The SMILES string of the molecule is Cn1c(CNC(=O)c2ccccc2Br)cc2ccccc21. The van der Waals surface area contributed by atoms with Gasteiger partial charge in [0.25, 0.3) is 5.91 Å². The molecule has 0 aliphatic carbocycles. The van der Waals surface area contributed by atoms with Crippen molar-refractivity contribution in [3.05, 3.63) is 70.3 Å². The van der Waals surface area contributed by atoms with Crippen LogP contribution in [0.4, 0.5) is 0 Å². The van der Waals surface area contributed by atoms with Crippen LogP contribution in [0.5, 0.6) is 0 Å². The summed E-state index contributed by atoms with van der Waals surface area (Å²) < 4.78 is 2.91. The van der Waals surface area contributed by atoms with E-state index in [-0.39, 0.29) is 5.91 Å². The van der Waals surface area contributed by atoms with Crippen molar-refractivity contribution in [2.45, 2.75) is 6.54 Å². The zero-order chi connectivity index (χ0) is 14.8. The quantitative estimate of drug-likeness (QED) is 0.770. The summed E-state index contributed by atoms with van der Waals surface area (Å²) in [5, 5.41) is 4.15. The van der Waals surface area contributed by atoms with Crippen molar-refractivity contribution in [2.24, 2.45) is 7.05 Å². The van der Waals surface area contributed by atoms with Gasteiger partial charge in [-0.05, 0) is 45.6 Å². The molecule has 4 heteroatoms. The lowest BCUT2D eigenvalue weighted by molar-refractivity contribution is 0.0949. The van der Waals surface area contributed by atoms with Gasteiger partial charge in [-0.15, -0.1) is 0 Å². The smallest absolute Gasteiger partial charge is 0.252 e. The second-order valence-corrected chi connectivity index (χ2v) is 5.77. The molecule has 0 spiro atoms. The van der Waals surface area contributed by atoms with Gasteiger partial charge in [0.15, 0.2) is 0 Å². The summed E-state index contributed by atoms with van der Waals surface area (Å²) in [6.07, 6.45) is 0. The molecule has 1 amide bonds. The highest BCUT2D eigenvalue weighted by molar-refractivity contribution is 9.10. The molecule has 0 saturated carbocycles. The molecular weight excluding hydrogens is 328 g/mol. The number of carbonyl (C=O) groups excluding carboxylic acids is 1. The standard InChI is InChI=1S/C17H15BrN2O/c1-20-13(10-12-6-2-5-9-16(12)20)11-19-17(21)14-7-3-4-8-15(14)18/h2-10H,11H2,1H3,(H,19,21). The second-order valence-electron chi connectivity index (χ2n) is 4.92. The lowest BCUT2D eigenvalue weighted by Gasteiger charge is -2.08. The minimum absolute atomic E-state index is 0.0762. The Labute approximate surface area is 131 Å². The summed E-state index contributed by atoms with van der Waals surface area (Å²) in [6.45, 7) is 0.505. The summed E-state index contributed by atoms with van der Waals surface area (Å²) in [4.78, 5) is 12.2. The van der Waals surface area contributed by atoms with Gasteiger partial charge in [-0.2, -0.15) is 0 Å². The van der Waals surface area contributed by atoms with E-state index >= 15 is 0 Å². The number of nitrogens with one attached hydrogen (secondary N) is 1. The number of nitrogens with zero attached hydrogens (tertiary/aromatic N) is 1. The first-order valence-corrected chi connectivity index (χ1v) is 7.52. The molecule has 0 fully saturated rings. The van der Waals surface area contributed by atoms with E-state index in [1.807, 2.05) is 37.4 Å². The Kier molecular flexibility index (Phi) is 3.80. The molecule has 1 N–H and O–H groups in total. The number of rotatable bonds is 3. The topological polar surface area (TPSA) is 34.0 Å². The van der Waals surface area contributed by atoms with Crippen LogP contribution in [0, 0.1) is 0 Å². The molecule has 3 rings (SSSR count). The molecule has 3 nitrogen and oxygen atoms in total. The Hall–Kier alpha value is -2.07. The first kappa shape index (κ1) is 13.9. The summed E-state index contributed by atoms with van der Waals surface area (Å²) in [5.41, 5.74) is 2.90. The van der Waals surface area contributed by atoms with E-state index in [4.69, 9.17) is 0 Å². The Balaban J connectivity index is 1.79. The van der Waals surface area contributed by atoms with Gasteiger partial charge < -0.3 is 9.88 Å². The van der Waals surface area contributed by atoms with Crippen molar-refractivity contribution < 1.29 is 4.79 Å². The van der Waals surface area contributed by atoms with E-state index in [0.717, 1.165) is 10.2 Å². The molecule has 0 bridgehead atoms. The van der Waals surface area contributed by atoms with Gasteiger partial charge in [0, 0.05) is 22.7 Å². The third-order valence-electron chi connectivity index (χ3n) is 3.60. The normalized spacial score (nSPS) is 10.8. The van der Waals surface area contributed by atoms with Crippen molar-refractivity contribution in [1.82, 2.24) is 9.88 Å². The maximum absolute atomic E-state index is 12.2. The van der Waals surface area contributed by atoms with E-state index in [1.165, 1.54) is 10.9 Å². The highest BCUT2D eigenvalue weighted by Gasteiger charge is 2.10. The summed E-state index contributed by atoms with van der Waals surface area (Å²) in [5.74, 6) is -0.0762. The number of hydrogen-bond acceptors (Lipinski definition) is 1. The molecule has 0 saturated heterocycles. The van der Waals surface area contributed by atoms with E-state index < -0.39 is 0 Å². The van der Waals surface area contributed by atoms with Gasteiger partial charge in [0.05, 0.1) is 12.1 Å². The van der Waals surface area contributed by atoms with Crippen LogP contribution in [-0.4, -0.2) is 10.5 Å². The fourth-order valence-corrected chi connectivity index (χ4v) is 2.89. The number of hydrogen-bond donors (Lipinski definition) is 1. The third-order valence-corrected chi connectivity index (χ3v) is 4.29. The highest BCUT2D eigenvalue weighted by atomic mass is 79.9. The van der Waals surface area contributed by atoms with Crippen molar-refractivity contribution in [3.8, 4) is 0 Å². The lowest BCUT2D eigenvalue weighted by atomic mass is 10.2. The Bertz CT molecular complexity index is 807. The zero-order valence-corrected chi connectivity index (χ0v) is 13.2. The Morgan fingerprint density at radius 2 is 1.86 bits per heavy atom. The first-order chi connectivity index (χ1) is 10.2. The highest BCUT2D eigenvalue weighted by Crippen LogP contribution is 2.19. The minimum atomic E-state index is -0.0762. The van der Waals surface area contributed by atoms with Crippen LogP contribution >= 0.6 is 15.9 Å². The van der Waals surface area contributed by atoms with Gasteiger partial charge in [0.1, 0.15) is 0 Å². The fraction of sp³-hybridized carbons (Fsp3) is 0.118. The fourth-order valence-electron chi connectivity index (χ4n) is 2.43. The van der Waals surface area contributed by atoms with E-state index in [0.29, 0.717) is 12.1 Å². The van der Waals surface area contributed by atoms with Gasteiger partial charge in [-0.3, -0.25) is 4.79 Å². The van der Waals surface area contributed by atoms with Crippen LogP contribution in [-0.2, 0) is 13.6 Å². The van der Waals surface area contributed by atoms with E-state index in [1.54, 1.807) is 6.07 Å². The van der Waals surface area contributed by atoms with Crippen molar-refractivity contribution >= 4 is 32.7 Å². The first-order valence-electron chi connectivity index (χ1n) is 6.73. The molecular formula is C17H15BrN2O. The molecule has 0 aliphatic heterocycles. The largest absolute Gasteiger partial charge is 0.346 e. The summed E-state index contributed by atoms with van der Waals surface area (Å²) in [7, 11) is 2.02. The number of benzene rings is 2. The summed E-state index contributed by atoms with van der Waals surface area (Å²) in [6, 6.07) is 17.7. The van der Waals surface area contributed by atoms with Crippen molar-refractivity contribution in [1.29, 1.82) is 0 Å². The maximum atomic E-state index is 12.2.